The van der Waals surface area contributed by atoms with E-state index in [1.54, 1.807) is 36.4 Å². The first-order valence-electron chi connectivity index (χ1n) is 9.64. The van der Waals surface area contributed by atoms with Crippen molar-refractivity contribution >= 4 is 21.6 Å². The van der Waals surface area contributed by atoms with Gasteiger partial charge >= 0.3 is 0 Å². The van der Waals surface area contributed by atoms with Gasteiger partial charge in [0.2, 0.25) is 10.0 Å². The second kappa shape index (κ2) is 9.21. The molecular formula is C21H26N2O4S. The molecule has 1 fully saturated rings. The fourth-order valence-corrected chi connectivity index (χ4v) is 4.60. The molecule has 0 saturated heterocycles. The van der Waals surface area contributed by atoms with Gasteiger partial charge in [0.25, 0.3) is 5.91 Å². The molecule has 7 heteroatoms. The minimum Gasteiger partial charge on any atom is -0.494 e. The van der Waals surface area contributed by atoms with Crippen LogP contribution in [0.5, 0.6) is 5.75 Å². The summed E-state index contributed by atoms with van der Waals surface area (Å²) in [5.74, 6) is 0.443. The van der Waals surface area contributed by atoms with E-state index in [1.807, 2.05) is 6.92 Å². The Kier molecular flexibility index (Phi) is 6.70. The number of carbonyl (C=O) groups excluding carboxylic acids is 1. The van der Waals surface area contributed by atoms with Crippen LogP contribution in [0.3, 0.4) is 0 Å². The minimum atomic E-state index is -3.54. The highest BCUT2D eigenvalue weighted by molar-refractivity contribution is 7.89. The van der Waals surface area contributed by atoms with Crippen LogP contribution in [0.1, 0.15) is 49.4 Å². The summed E-state index contributed by atoms with van der Waals surface area (Å²) in [6, 6.07) is 13.1. The summed E-state index contributed by atoms with van der Waals surface area (Å²) in [6.45, 7) is 2.46. The molecule has 1 saturated carbocycles. The Morgan fingerprint density at radius 2 is 1.64 bits per heavy atom. The van der Waals surface area contributed by atoms with E-state index in [0.717, 1.165) is 25.7 Å². The largest absolute Gasteiger partial charge is 0.494 e. The third-order valence-corrected chi connectivity index (χ3v) is 6.31. The smallest absolute Gasteiger partial charge is 0.255 e. The molecule has 150 valence electrons. The Labute approximate surface area is 166 Å². The minimum absolute atomic E-state index is 0.0118. The number of benzene rings is 2. The first-order chi connectivity index (χ1) is 13.5. The summed E-state index contributed by atoms with van der Waals surface area (Å²) >= 11 is 0. The number of hydrogen-bond donors (Lipinski definition) is 2. The lowest BCUT2D eigenvalue weighted by atomic mass is 9.96. The number of rotatable bonds is 7. The van der Waals surface area contributed by atoms with E-state index in [4.69, 9.17) is 4.74 Å². The van der Waals surface area contributed by atoms with Crippen LogP contribution in [-0.4, -0.2) is 27.0 Å². The third-order valence-electron chi connectivity index (χ3n) is 4.78. The van der Waals surface area contributed by atoms with Crippen molar-refractivity contribution in [3.8, 4) is 5.75 Å². The second-order valence-electron chi connectivity index (χ2n) is 6.89. The van der Waals surface area contributed by atoms with E-state index in [2.05, 4.69) is 10.0 Å². The van der Waals surface area contributed by atoms with E-state index in [1.165, 1.54) is 18.6 Å². The van der Waals surface area contributed by atoms with Crippen molar-refractivity contribution in [3.63, 3.8) is 0 Å². The maximum Gasteiger partial charge on any atom is 0.255 e. The van der Waals surface area contributed by atoms with Crippen LogP contribution in [0.15, 0.2) is 53.4 Å². The van der Waals surface area contributed by atoms with E-state index in [-0.39, 0.29) is 16.8 Å². The Hall–Kier alpha value is -2.38. The molecule has 2 aromatic rings. The maximum atomic E-state index is 12.5. The summed E-state index contributed by atoms with van der Waals surface area (Å²) in [4.78, 5) is 12.6. The fourth-order valence-electron chi connectivity index (χ4n) is 3.30. The fraction of sp³-hybridized carbons (Fsp3) is 0.381. The molecule has 0 aromatic heterocycles. The van der Waals surface area contributed by atoms with Gasteiger partial charge in [0, 0.05) is 17.3 Å². The van der Waals surface area contributed by atoms with E-state index < -0.39 is 10.0 Å². The maximum absolute atomic E-state index is 12.5. The van der Waals surface area contributed by atoms with Gasteiger partial charge in [-0.2, -0.15) is 0 Å². The number of nitrogens with one attached hydrogen (secondary N) is 2. The third kappa shape index (κ3) is 5.33. The Morgan fingerprint density at radius 1 is 1.00 bits per heavy atom. The van der Waals surface area contributed by atoms with Crippen molar-refractivity contribution in [3.05, 3.63) is 54.1 Å². The van der Waals surface area contributed by atoms with Gasteiger partial charge in [0.15, 0.2) is 0 Å². The molecule has 0 spiro atoms. The van der Waals surface area contributed by atoms with Crippen LogP contribution >= 0.6 is 0 Å². The van der Waals surface area contributed by atoms with Gasteiger partial charge in [-0.1, -0.05) is 19.3 Å². The topological polar surface area (TPSA) is 84.5 Å². The average molecular weight is 403 g/mol. The number of sulfonamides is 1. The van der Waals surface area contributed by atoms with Crippen molar-refractivity contribution in [2.45, 2.75) is 50.0 Å². The lowest BCUT2D eigenvalue weighted by Crippen LogP contribution is -2.36. The van der Waals surface area contributed by atoms with Gasteiger partial charge in [-0.15, -0.1) is 0 Å². The first kappa shape index (κ1) is 20.4. The predicted octanol–water partition coefficient (Wildman–Crippen LogP) is 3.95. The van der Waals surface area contributed by atoms with Crippen molar-refractivity contribution in [1.29, 1.82) is 0 Å². The van der Waals surface area contributed by atoms with Crippen LogP contribution in [0.2, 0.25) is 0 Å². The zero-order valence-corrected chi connectivity index (χ0v) is 16.8. The van der Waals surface area contributed by atoms with Crippen LogP contribution < -0.4 is 14.8 Å². The quantitative estimate of drug-likeness (QED) is 0.734. The summed E-state index contributed by atoms with van der Waals surface area (Å²) in [5, 5.41) is 2.77. The molecule has 0 bridgehead atoms. The highest BCUT2D eigenvalue weighted by Crippen LogP contribution is 2.21. The van der Waals surface area contributed by atoms with Gasteiger partial charge in [0.05, 0.1) is 11.5 Å². The summed E-state index contributed by atoms with van der Waals surface area (Å²) in [5.41, 5.74) is 1.04. The van der Waals surface area contributed by atoms with Crippen LogP contribution in [-0.2, 0) is 10.0 Å². The Balaban J connectivity index is 1.62. The number of amides is 1. The molecule has 0 heterocycles. The monoisotopic (exact) mass is 402 g/mol. The molecule has 3 rings (SSSR count). The molecule has 1 aliphatic carbocycles. The number of anilines is 1. The molecular weight excluding hydrogens is 376 g/mol. The van der Waals surface area contributed by atoms with Gasteiger partial charge < -0.3 is 10.1 Å². The van der Waals surface area contributed by atoms with Gasteiger partial charge in [-0.25, -0.2) is 13.1 Å². The van der Waals surface area contributed by atoms with Crippen molar-refractivity contribution in [2.75, 3.05) is 11.9 Å². The molecule has 2 N–H and O–H groups in total. The van der Waals surface area contributed by atoms with Gasteiger partial charge in [-0.3, -0.25) is 4.79 Å². The van der Waals surface area contributed by atoms with Crippen molar-refractivity contribution < 1.29 is 17.9 Å². The van der Waals surface area contributed by atoms with Crippen LogP contribution in [0.4, 0.5) is 5.69 Å². The van der Waals surface area contributed by atoms with Crippen molar-refractivity contribution in [2.24, 2.45) is 0 Å². The number of ether oxygens (including phenoxy) is 1. The number of hydrogen-bond acceptors (Lipinski definition) is 4. The molecule has 2 aromatic carbocycles. The summed E-state index contributed by atoms with van der Waals surface area (Å²) in [6.07, 6.45) is 5.05. The lowest BCUT2D eigenvalue weighted by molar-refractivity contribution is 0.102. The highest BCUT2D eigenvalue weighted by Gasteiger charge is 2.21. The lowest BCUT2D eigenvalue weighted by Gasteiger charge is -2.22. The van der Waals surface area contributed by atoms with E-state index >= 15 is 0 Å². The van der Waals surface area contributed by atoms with Gasteiger partial charge in [-0.05, 0) is 68.3 Å². The number of carbonyl (C=O) groups is 1. The standard InChI is InChI=1S/C21H26N2O4S/c1-2-27-19-12-8-16(9-13-19)21(24)22-17-10-14-20(15-11-17)28(25,26)23-18-6-4-3-5-7-18/h8-15,18,23H,2-7H2,1H3,(H,22,24). The molecule has 0 unspecified atom stereocenters. The van der Waals surface area contributed by atoms with Crippen LogP contribution in [0, 0.1) is 0 Å². The van der Waals surface area contributed by atoms with Crippen LogP contribution in [0.25, 0.3) is 0 Å². The SMILES string of the molecule is CCOc1ccc(C(=O)Nc2ccc(S(=O)(=O)NC3CCCCC3)cc2)cc1. The first-order valence-corrected chi connectivity index (χ1v) is 11.1. The summed E-state index contributed by atoms with van der Waals surface area (Å²) < 4.78 is 33.2. The molecule has 0 atom stereocenters. The molecule has 0 radical (unpaired) electrons. The summed E-state index contributed by atoms with van der Waals surface area (Å²) in [7, 11) is -3.54. The van der Waals surface area contributed by atoms with Crippen molar-refractivity contribution in [1.82, 2.24) is 4.72 Å². The highest BCUT2D eigenvalue weighted by atomic mass is 32.2. The zero-order valence-electron chi connectivity index (χ0n) is 16.0. The molecule has 1 aliphatic rings. The normalized spacial score (nSPS) is 15.2. The zero-order chi connectivity index (χ0) is 20.0. The molecule has 28 heavy (non-hydrogen) atoms. The predicted molar refractivity (Wildman–Crippen MR) is 109 cm³/mol. The molecule has 6 nitrogen and oxygen atoms in total. The van der Waals surface area contributed by atoms with E-state index in [9.17, 15) is 13.2 Å². The average Bonchev–Trinajstić information content (AvgIpc) is 2.69. The molecule has 0 aliphatic heterocycles. The van der Waals surface area contributed by atoms with Gasteiger partial charge in [0.1, 0.15) is 5.75 Å². The Morgan fingerprint density at radius 3 is 2.25 bits per heavy atom. The Bertz CT molecular complexity index is 887. The second-order valence-corrected chi connectivity index (χ2v) is 8.61. The molecule has 1 amide bonds. The van der Waals surface area contributed by atoms with E-state index in [0.29, 0.717) is 23.6 Å².